The van der Waals surface area contributed by atoms with Crippen molar-refractivity contribution in [3.63, 3.8) is 0 Å². The third kappa shape index (κ3) is 2.75. The van der Waals surface area contributed by atoms with Crippen LogP contribution < -0.4 is 11.1 Å². The van der Waals surface area contributed by atoms with E-state index in [0.29, 0.717) is 6.54 Å². The first-order valence-electron chi connectivity index (χ1n) is 6.92. The quantitative estimate of drug-likeness (QED) is 0.774. The van der Waals surface area contributed by atoms with E-state index >= 15 is 0 Å². The minimum atomic E-state index is -0.0590. The van der Waals surface area contributed by atoms with Crippen molar-refractivity contribution in [1.82, 2.24) is 9.97 Å². The summed E-state index contributed by atoms with van der Waals surface area (Å²) in [6, 6.07) is 10.0. The van der Waals surface area contributed by atoms with Crippen LogP contribution in [0.5, 0.6) is 0 Å². The SMILES string of the molecule is Cc1sc2ncnc(NCC(N)c3ccccc3)c2c1C. The van der Waals surface area contributed by atoms with Gasteiger partial charge >= 0.3 is 0 Å². The number of benzene rings is 1. The third-order valence-corrected chi connectivity index (χ3v) is 4.80. The summed E-state index contributed by atoms with van der Waals surface area (Å²) < 4.78 is 0. The molecule has 2 heterocycles. The lowest BCUT2D eigenvalue weighted by Gasteiger charge is -2.14. The molecular formula is C16H18N4S. The van der Waals surface area contributed by atoms with Gasteiger partial charge in [-0.15, -0.1) is 11.3 Å². The Labute approximate surface area is 128 Å². The van der Waals surface area contributed by atoms with Gasteiger partial charge in [0.15, 0.2) is 0 Å². The molecule has 4 nitrogen and oxygen atoms in total. The minimum Gasteiger partial charge on any atom is -0.368 e. The van der Waals surface area contributed by atoms with E-state index in [9.17, 15) is 0 Å². The topological polar surface area (TPSA) is 63.8 Å². The highest BCUT2D eigenvalue weighted by Crippen LogP contribution is 2.32. The van der Waals surface area contributed by atoms with Gasteiger partial charge in [0.05, 0.1) is 5.39 Å². The molecule has 0 amide bonds. The second-order valence-electron chi connectivity index (χ2n) is 5.08. The Hall–Kier alpha value is -1.98. The predicted octanol–water partition coefficient (Wildman–Crippen LogP) is 3.42. The molecule has 5 heteroatoms. The van der Waals surface area contributed by atoms with Crippen LogP contribution in [0.1, 0.15) is 22.0 Å². The van der Waals surface area contributed by atoms with E-state index in [2.05, 4.69) is 29.1 Å². The maximum atomic E-state index is 6.23. The number of nitrogens with two attached hydrogens (primary N) is 1. The van der Waals surface area contributed by atoms with Crippen LogP contribution in [-0.4, -0.2) is 16.5 Å². The maximum absolute atomic E-state index is 6.23. The average Bonchev–Trinajstić information content (AvgIpc) is 2.81. The summed E-state index contributed by atoms with van der Waals surface area (Å²) in [6.45, 7) is 4.87. The first kappa shape index (κ1) is 14.0. The molecule has 0 saturated heterocycles. The van der Waals surface area contributed by atoms with Crippen LogP contribution in [0.3, 0.4) is 0 Å². The van der Waals surface area contributed by atoms with E-state index in [1.165, 1.54) is 10.4 Å². The molecule has 1 atom stereocenters. The summed E-state index contributed by atoms with van der Waals surface area (Å²) in [6.07, 6.45) is 1.61. The van der Waals surface area contributed by atoms with E-state index < -0.39 is 0 Å². The van der Waals surface area contributed by atoms with Crippen molar-refractivity contribution in [2.45, 2.75) is 19.9 Å². The summed E-state index contributed by atoms with van der Waals surface area (Å²) in [7, 11) is 0. The van der Waals surface area contributed by atoms with Crippen molar-refractivity contribution in [2.24, 2.45) is 5.73 Å². The number of fused-ring (bicyclic) bond motifs is 1. The third-order valence-electron chi connectivity index (χ3n) is 3.68. The molecule has 2 aromatic heterocycles. The molecule has 108 valence electrons. The molecule has 0 aliphatic heterocycles. The van der Waals surface area contributed by atoms with Gasteiger partial charge in [-0.3, -0.25) is 0 Å². The molecule has 1 aromatic carbocycles. The number of hydrogen-bond acceptors (Lipinski definition) is 5. The van der Waals surface area contributed by atoms with Gasteiger partial charge in [0.2, 0.25) is 0 Å². The van der Waals surface area contributed by atoms with Crippen LogP contribution in [0.4, 0.5) is 5.82 Å². The van der Waals surface area contributed by atoms with Gasteiger partial charge in [-0.05, 0) is 25.0 Å². The Morgan fingerprint density at radius 2 is 1.95 bits per heavy atom. The Morgan fingerprint density at radius 1 is 1.19 bits per heavy atom. The number of aromatic nitrogens is 2. The molecule has 3 aromatic rings. The second-order valence-corrected chi connectivity index (χ2v) is 6.29. The van der Waals surface area contributed by atoms with Crippen LogP contribution in [0, 0.1) is 13.8 Å². The fraction of sp³-hybridized carbons (Fsp3) is 0.250. The van der Waals surface area contributed by atoms with E-state index in [0.717, 1.165) is 21.6 Å². The number of thiophene rings is 1. The normalized spacial score (nSPS) is 12.5. The first-order valence-corrected chi connectivity index (χ1v) is 7.73. The molecule has 0 spiro atoms. The van der Waals surface area contributed by atoms with Gasteiger partial charge in [-0.2, -0.15) is 0 Å². The smallest absolute Gasteiger partial charge is 0.138 e. The van der Waals surface area contributed by atoms with Crippen LogP contribution >= 0.6 is 11.3 Å². The zero-order valence-corrected chi connectivity index (χ0v) is 12.9. The highest BCUT2D eigenvalue weighted by Gasteiger charge is 2.13. The van der Waals surface area contributed by atoms with Crippen LogP contribution in [0.15, 0.2) is 36.7 Å². The summed E-state index contributed by atoms with van der Waals surface area (Å²) in [5, 5.41) is 4.48. The van der Waals surface area contributed by atoms with Gasteiger partial charge in [-0.1, -0.05) is 30.3 Å². The molecule has 21 heavy (non-hydrogen) atoms. The Kier molecular flexibility index (Phi) is 3.86. The number of anilines is 1. The lowest BCUT2D eigenvalue weighted by Crippen LogP contribution is -2.21. The van der Waals surface area contributed by atoms with Crippen molar-refractivity contribution in [3.8, 4) is 0 Å². The van der Waals surface area contributed by atoms with Gasteiger partial charge in [0, 0.05) is 17.5 Å². The lowest BCUT2D eigenvalue weighted by molar-refractivity contribution is 0.762. The summed E-state index contributed by atoms with van der Waals surface area (Å²) in [4.78, 5) is 11.0. The van der Waals surface area contributed by atoms with Crippen molar-refractivity contribution < 1.29 is 0 Å². The van der Waals surface area contributed by atoms with Gasteiger partial charge in [-0.25, -0.2) is 9.97 Å². The number of nitrogens with zero attached hydrogens (tertiary/aromatic N) is 2. The molecule has 3 N–H and O–H groups in total. The fourth-order valence-electron chi connectivity index (χ4n) is 2.34. The molecular weight excluding hydrogens is 280 g/mol. The van der Waals surface area contributed by atoms with E-state index in [1.807, 2.05) is 30.3 Å². The van der Waals surface area contributed by atoms with Gasteiger partial charge in [0.1, 0.15) is 17.0 Å². The zero-order chi connectivity index (χ0) is 14.8. The van der Waals surface area contributed by atoms with Crippen molar-refractivity contribution >= 4 is 27.4 Å². The van der Waals surface area contributed by atoms with Gasteiger partial charge in [0.25, 0.3) is 0 Å². The highest BCUT2D eigenvalue weighted by molar-refractivity contribution is 7.18. The Morgan fingerprint density at radius 3 is 2.71 bits per heavy atom. The molecule has 1 unspecified atom stereocenters. The standard InChI is InChI=1S/C16H18N4S/c1-10-11(2)21-16-14(10)15(19-9-20-16)18-8-13(17)12-6-4-3-5-7-12/h3-7,9,13H,8,17H2,1-2H3,(H,18,19,20). The number of nitrogens with one attached hydrogen (secondary N) is 1. The van der Waals surface area contributed by atoms with Crippen LogP contribution in [0.25, 0.3) is 10.2 Å². The molecule has 0 fully saturated rings. The Balaban J connectivity index is 1.83. The summed E-state index contributed by atoms with van der Waals surface area (Å²) in [5.41, 5.74) is 8.59. The molecule has 0 aliphatic carbocycles. The molecule has 0 bridgehead atoms. The van der Waals surface area contributed by atoms with Gasteiger partial charge < -0.3 is 11.1 Å². The second kappa shape index (κ2) is 5.79. The van der Waals surface area contributed by atoms with E-state index in [4.69, 9.17) is 5.73 Å². The maximum Gasteiger partial charge on any atom is 0.138 e. The fourth-order valence-corrected chi connectivity index (χ4v) is 3.34. The zero-order valence-electron chi connectivity index (χ0n) is 12.1. The average molecular weight is 298 g/mol. The summed E-state index contributed by atoms with van der Waals surface area (Å²) in [5.74, 6) is 0.869. The largest absolute Gasteiger partial charge is 0.368 e. The van der Waals surface area contributed by atoms with E-state index in [1.54, 1.807) is 17.7 Å². The van der Waals surface area contributed by atoms with Crippen LogP contribution in [0.2, 0.25) is 0 Å². The molecule has 3 rings (SSSR count). The Bertz CT molecular complexity index is 752. The van der Waals surface area contributed by atoms with E-state index in [-0.39, 0.29) is 6.04 Å². The minimum absolute atomic E-state index is 0.0590. The molecule has 0 saturated carbocycles. The van der Waals surface area contributed by atoms with Crippen molar-refractivity contribution in [2.75, 3.05) is 11.9 Å². The van der Waals surface area contributed by atoms with Crippen molar-refractivity contribution in [1.29, 1.82) is 0 Å². The van der Waals surface area contributed by atoms with Crippen LogP contribution in [-0.2, 0) is 0 Å². The predicted molar refractivity (Wildman–Crippen MR) is 88.7 cm³/mol. The van der Waals surface area contributed by atoms with Crippen molar-refractivity contribution in [3.05, 3.63) is 52.7 Å². The summed E-state index contributed by atoms with van der Waals surface area (Å²) >= 11 is 1.70. The number of rotatable bonds is 4. The molecule has 0 aliphatic rings. The first-order chi connectivity index (χ1) is 10.2. The monoisotopic (exact) mass is 298 g/mol. The number of hydrogen-bond donors (Lipinski definition) is 2. The lowest BCUT2D eigenvalue weighted by atomic mass is 10.1. The highest BCUT2D eigenvalue weighted by atomic mass is 32.1. The number of aryl methyl sites for hydroxylation is 2. The molecule has 0 radical (unpaired) electrons.